The van der Waals surface area contributed by atoms with Gasteiger partial charge in [0.05, 0.1) is 25.9 Å². The highest BCUT2D eigenvalue weighted by Crippen LogP contribution is 2.03. The molecule has 1 aliphatic heterocycles. The Labute approximate surface area is 158 Å². The van der Waals surface area contributed by atoms with E-state index in [-0.39, 0.29) is 30.1 Å². The number of guanidine groups is 1. The molecule has 1 aliphatic rings. The Bertz CT molecular complexity index is 316. The molecule has 2 N–H and O–H groups in total. The van der Waals surface area contributed by atoms with Crippen molar-refractivity contribution < 1.29 is 9.47 Å². The Morgan fingerprint density at radius 3 is 2.78 bits per heavy atom. The second-order valence-corrected chi connectivity index (χ2v) is 6.20. The molecule has 6 nitrogen and oxygen atoms in total. The van der Waals surface area contributed by atoms with E-state index in [0.29, 0.717) is 19.1 Å². The van der Waals surface area contributed by atoms with Crippen LogP contribution in [0.2, 0.25) is 0 Å². The molecule has 0 aromatic rings. The van der Waals surface area contributed by atoms with Gasteiger partial charge in [0.2, 0.25) is 0 Å². The van der Waals surface area contributed by atoms with Crippen molar-refractivity contribution in [2.45, 2.75) is 33.3 Å². The molecule has 0 spiro atoms. The Morgan fingerprint density at radius 1 is 1.35 bits per heavy atom. The van der Waals surface area contributed by atoms with Crippen LogP contribution in [0.25, 0.3) is 0 Å². The Morgan fingerprint density at radius 2 is 2.13 bits per heavy atom. The van der Waals surface area contributed by atoms with Crippen molar-refractivity contribution in [3.05, 3.63) is 0 Å². The molecule has 23 heavy (non-hydrogen) atoms. The topological polar surface area (TPSA) is 58.1 Å². The maximum atomic E-state index is 5.73. The molecule has 0 aliphatic carbocycles. The summed E-state index contributed by atoms with van der Waals surface area (Å²) < 4.78 is 11.3. The lowest BCUT2D eigenvalue weighted by Gasteiger charge is -2.29. The van der Waals surface area contributed by atoms with Crippen molar-refractivity contribution in [3.8, 4) is 0 Å². The van der Waals surface area contributed by atoms with Gasteiger partial charge in [0.15, 0.2) is 5.96 Å². The number of aliphatic imine (C=N–C) groups is 1. The first-order valence-electron chi connectivity index (χ1n) is 8.51. The summed E-state index contributed by atoms with van der Waals surface area (Å²) in [5, 5.41) is 6.56. The number of ether oxygens (including phenoxy) is 2. The van der Waals surface area contributed by atoms with E-state index in [4.69, 9.17) is 9.47 Å². The van der Waals surface area contributed by atoms with E-state index in [9.17, 15) is 0 Å². The van der Waals surface area contributed by atoms with E-state index in [0.717, 1.165) is 51.8 Å². The first-order chi connectivity index (χ1) is 10.6. The lowest BCUT2D eigenvalue weighted by atomic mass is 10.1. The minimum Gasteiger partial charge on any atom is -0.380 e. The van der Waals surface area contributed by atoms with Crippen LogP contribution in [0.4, 0.5) is 0 Å². The SMILES string of the molecule is CCNC(=NCC1CN(C)CCO1)NCCOCCC(C)C.I. The average molecular weight is 442 g/mol. The highest BCUT2D eigenvalue weighted by molar-refractivity contribution is 14.0. The number of morpholine rings is 1. The molecule has 1 saturated heterocycles. The van der Waals surface area contributed by atoms with Crippen LogP contribution in [-0.4, -0.2) is 76.6 Å². The van der Waals surface area contributed by atoms with E-state index >= 15 is 0 Å². The van der Waals surface area contributed by atoms with Gasteiger partial charge in [-0.1, -0.05) is 13.8 Å². The third kappa shape index (κ3) is 12.0. The number of halogens is 1. The third-order valence-electron chi connectivity index (χ3n) is 3.52. The van der Waals surface area contributed by atoms with Crippen molar-refractivity contribution in [1.82, 2.24) is 15.5 Å². The summed E-state index contributed by atoms with van der Waals surface area (Å²) in [5.41, 5.74) is 0. The first kappa shape index (κ1) is 22.9. The molecule has 1 rings (SSSR count). The molecule has 1 heterocycles. The predicted octanol–water partition coefficient (Wildman–Crippen LogP) is 1.55. The van der Waals surface area contributed by atoms with Crippen LogP contribution >= 0.6 is 24.0 Å². The van der Waals surface area contributed by atoms with Gasteiger partial charge in [0.25, 0.3) is 0 Å². The number of hydrogen-bond donors (Lipinski definition) is 2. The van der Waals surface area contributed by atoms with Crippen LogP contribution in [0.1, 0.15) is 27.2 Å². The summed E-state index contributed by atoms with van der Waals surface area (Å²) in [5.74, 6) is 1.53. The minimum atomic E-state index is 0. The van der Waals surface area contributed by atoms with Crippen molar-refractivity contribution >= 4 is 29.9 Å². The highest BCUT2D eigenvalue weighted by atomic mass is 127. The van der Waals surface area contributed by atoms with Gasteiger partial charge in [-0.15, -0.1) is 24.0 Å². The van der Waals surface area contributed by atoms with Crippen LogP contribution in [0, 0.1) is 5.92 Å². The van der Waals surface area contributed by atoms with Crippen LogP contribution in [0.3, 0.4) is 0 Å². The maximum absolute atomic E-state index is 5.73. The van der Waals surface area contributed by atoms with Gasteiger partial charge in [-0.3, -0.25) is 4.99 Å². The molecule has 0 radical (unpaired) electrons. The molecular weight excluding hydrogens is 407 g/mol. The van der Waals surface area contributed by atoms with Gasteiger partial charge in [0, 0.05) is 32.8 Å². The summed E-state index contributed by atoms with van der Waals surface area (Å²) in [6.45, 7) is 13.1. The summed E-state index contributed by atoms with van der Waals surface area (Å²) in [4.78, 5) is 6.89. The molecule has 0 bridgehead atoms. The van der Waals surface area contributed by atoms with Gasteiger partial charge >= 0.3 is 0 Å². The van der Waals surface area contributed by atoms with E-state index < -0.39 is 0 Å². The third-order valence-corrected chi connectivity index (χ3v) is 3.52. The quantitative estimate of drug-likeness (QED) is 0.246. The van der Waals surface area contributed by atoms with Gasteiger partial charge in [-0.25, -0.2) is 0 Å². The van der Waals surface area contributed by atoms with E-state index in [1.54, 1.807) is 0 Å². The van der Waals surface area contributed by atoms with Crippen LogP contribution in [-0.2, 0) is 9.47 Å². The molecule has 7 heteroatoms. The average Bonchev–Trinajstić information content (AvgIpc) is 2.48. The van der Waals surface area contributed by atoms with E-state index in [1.165, 1.54) is 0 Å². The van der Waals surface area contributed by atoms with E-state index in [2.05, 4.69) is 48.3 Å². The summed E-state index contributed by atoms with van der Waals surface area (Å²) >= 11 is 0. The molecule has 1 atom stereocenters. The molecule has 1 unspecified atom stereocenters. The minimum absolute atomic E-state index is 0. The Balaban J connectivity index is 0.00000484. The maximum Gasteiger partial charge on any atom is 0.191 e. The number of likely N-dealkylation sites (N-methyl/N-ethyl adjacent to an activating group) is 1. The van der Waals surface area contributed by atoms with Crippen LogP contribution in [0.5, 0.6) is 0 Å². The van der Waals surface area contributed by atoms with E-state index in [1.807, 2.05) is 0 Å². The Hall–Kier alpha value is -0.120. The largest absolute Gasteiger partial charge is 0.380 e. The zero-order valence-corrected chi connectivity index (χ0v) is 17.5. The molecule has 0 aromatic carbocycles. The van der Waals surface area contributed by atoms with Crippen molar-refractivity contribution in [1.29, 1.82) is 0 Å². The standard InChI is InChI=1S/C16H34N4O2.HI/c1-5-17-16(18-7-10-21-9-6-14(2)3)19-12-15-13-20(4)8-11-22-15;/h14-15H,5-13H2,1-4H3,(H2,17,18,19);1H. The van der Waals surface area contributed by atoms with Crippen LogP contribution < -0.4 is 10.6 Å². The highest BCUT2D eigenvalue weighted by Gasteiger charge is 2.17. The summed E-state index contributed by atoms with van der Waals surface area (Å²) in [6.07, 6.45) is 1.30. The zero-order chi connectivity index (χ0) is 16.2. The van der Waals surface area contributed by atoms with Crippen molar-refractivity contribution in [2.24, 2.45) is 10.9 Å². The van der Waals surface area contributed by atoms with Gasteiger partial charge in [0.1, 0.15) is 0 Å². The molecule has 0 amide bonds. The van der Waals surface area contributed by atoms with Gasteiger partial charge in [-0.2, -0.15) is 0 Å². The number of nitrogens with one attached hydrogen (secondary N) is 2. The first-order valence-corrected chi connectivity index (χ1v) is 8.51. The smallest absolute Gasteiger partial charge is 0.191 e. The number of nitrogens with zero attached hydrogens (tertiary/aromatic N) is 2. The van der Waals surface area contributed by atoms with Gasteiger partial charge in [-0.05, 0) is 26.3 Å². The molecule has 1 fully saturated rings. The molecule has 0 saturated carbocycles. The van der Waals surface area contributed by atoms with Crippen LogP contribution in [0.15, 0.2) is 4.99 Å². The molecule has 138 valence electrons. The van der Waals surface area contributed by atoms with Crippen molar-refractivity contribution in [3.63, 3.8) is 0 Å². The lowest BCUT2D eigenvalue weighted by Crippen LogP contribution is -2.43. The van der Waals surface area contributed by atoms with Crippen molar-refractivity contribution in [2.75, 3.05) is 59.6 Å². The Kier molecular flexibility index (Phi) is 14.2. The fourth-order valence-corrected chi connectivity index (χ4v) is 2.17. The second-order valence-electron chi connectivity index (χ2n) is 6.20. The summed E-state index contributed by atoms with van der Waals surface area (Å²) in [7, 11) is 2.12. The number of hydrogen-bond acceptors (Lipinski definition) is 4. The fraction of sp³-hybridized carbons (Fsp3) is 0.938. The van der Waals surface area contributed by atoms with Gasteiger partial charge < -0.3 is 25.0 Å². The zero-order valence-electron chi connectivity index (χ0n) is 15.1. The predicted molar refractivity (Wildman–Crippen MR) is 107 cm³/mol. The fourth-order valence-electron chi connectivity index (χ4n) is 2.17. The monoisotopic (exact) mass is 442 g/mol. The normalized spacial score (nSPS) is 19.5. The summed E-state index contributed by atoms with van der Waals surface area (Å²) in [6, 6.07) is 0. The second kappa shape index (κ2) is 14.2. The molecular formula is C16H35IN4O2. The lowest BCUT2D eigenvalue weighted by molar-refractivity contribution is -0.0136. The number of rotatable bonds is 9. The molecule has 0 aromatic heterocycles.